The molecule has 1 fully saturated rings. The lowest BCUT2D eigenvalue weighted by molar-refractivity contribution is 0.590. The number of aromatic nitrogens is 3. The van der Waals surface area contributed by atoms with Gasteiger partial charge in [-0.2, -0.15) is 0 Å². The Kier molecular flexibility index (Phi) is 5.80. The standard InChI is InChI=1S/C22H22BrCl2N3S/c1-21(2,3)15-6-4-14(5-7-15)19-26-27-20(29-13-16-12-22(16,24)25)28(19)18-10-8-17(23)9-11-18/h4-11,16H,12-13H2,1-3H3. The zero-order valence-corrected chi connectivity index (χ0v) is 20.4. The van der Waals surface area contributed by atoms with E-state index in [-0.39, 0.29) is 5.41 Å². The van der Waals surface area contributed by atoms with Crippen LogP contribution in [0.3, 0.4) is 0 Å². The third kappa shape index (κ3) is 4.68. The molecule has 0 radical (unpaired) electrons. The first-order valence-corrected chi connectivity index (χ1v) is 12.0. The number of benzene rings is 2. The van der Waals surface area contributed by atoms with Crippen molar-refractivity contribution < 1.29 is 0 Å². The van der Waals surface area contributed by atoms with Crippen molar-refractivity contribution in [3.05, 3.63) is 58.6 Å². The highest BCUT2D eigenvalue weighted by Crippen LogP contribution is 2.54. The Hall–Kier alpha value is -1.01. The monoisotopic (exact) mass is 509 g/mol. The first-order chi connectivity index (χ1) is 13.6. The van der Waals surface area contributed by atoms with E-state index >= 15 is 0 Å². The molecule has 0 aliphatic heterocycles. The van der Waals surface area contributed by atoms with E-state index < -0.39 is 4.33 Å². The molecule has 0 bridgehead atoms. The number of hydrogen-bond donors (Lipinski definition) is 0. The lowest BCUT2D eigenvalue weighted by Gasteiger charge is -2.19. The molecule has 1 aliphatic rings. The molecule has 1 unspecified atom stereocenters. The molecule has 1 heterocycles. The summed E-state index contributed by atoms with van der Waals surface area (Å²) in [7, 11) is 0. The molecule has 1 saturated carbocycles. The molecule has 0 amide bonds. The highest BCUT2D eigenvalue weighted by molar-refractivity contribution is 9.10. The second-order valence-corrected chi connectivity index (χ2v) is 11.9. The van der Waals surface area contributed by atoms with E-state index in [0.717, 1.165) is 38.9 Å². The van der Waals surface area contributed by atoms with E-state index in [0.29, 0.717) is 5.92 Å². The first-order valence-electron chi connectivity index (χ1n) is 9.48. The van der Waals surface area contributed by atoms with Crippen molar-refractivity contribution in [2.45, 2.75) is 42.1 Å². The van der Waals surface area contributed by atoms with Gasteiger partial charge in [-0.15, -0.1) is 33.4 Å². The van der Waals surface area contributed by atoms with E-state index in [1.54, 1.807) is 11.8 Å². The summed E-state index contributed by atoms with van der Waals surface area (Å²) in [6.45, 7) is 6.65. The van der Waals surface area contributed by atoms with Crippen LogP contribution in [-0.4, -0.2) is 24.9 Å². The van der Waals surface area contributed by atoms with Gasteiger partial charge in [0.1, 0.15) is 4.33 Å². The maximum atomic E-state index is 6.20. The molecule has 4 rings (SSSR count). The van der Waals surface area contributed by atoms with Gasteiger partial charge in [0.05, 0.1) is 0 Å². The average Bonchev–Trinajstić information content (AvgIpc) is 3.09. The number of thioether (sulfide) groups is 1. The maximum absolute atomic E-state index is 6.20. The quantitative estimate of drug-likeness (QED) is 0.267. The van der Waals surface area contributed by atoms with E-state index in [9.17, 15) is 0 Å². The van der Waals surface area contributed by atoms with Crippen molar-refractivity contribution in [2.24, 2.45) is 5.92 Å². The van der Waals surface area contributed by atoms with Crippen molar-refractivity contribution in [3.63, 3.8) is 0 Å². The Morgan fingerprint density at radius 3 is 2.24 bits per heavy atom. The first kappa shape index (κ1) is 21.2. The topological polar surface area (TPSA) is 30.7 Å². The van der Waals surface area contributed by atoms with Crippen LogP contribution in [0.15, 0.2) is 58.2 Å². The van der Waals surface area contributed by atoms with Crippen LogP contribution in [0.5, 0.6) is 0 Å². The number of alkyl halides is 2. The Morgan fingerprint density at radius 1 is 1.07 bits per heavy atom. The summed E-state index contributed by atoms with van der Waals surface area (Å²) in [6, 6.07) is 16.8. The van der Waals surface area contributed by atoms with Gasteiger partial charge in [0.25, 0.3) is 0 Å². The largest absolute Gasteiger partial charge is 0.270 e. The molecule has 1 aliphatic carbocycles. The summed E-state index contributed by atoms with van der Waals surface area (Å²) < 4.78 is 2.56. The lowest BCUT2D eigenvalue weighted by Crippen LogP contribution is -2.10. The Bertz CT molecular complexity index is 1010. The van der Waals surface area contributed by atoms with E-state index in [4.69, 9.17) is 23.2 Å². The van der Waals surface area contributed by atoms with Crippen molar-refractivity contribution >= 4 is 50.9 Å². The minimum atomic E-state index is -0.582. The molecule has 2 aromatic carbocycles. The molecule has 1 atom stereocenters. The third-order valence-electron chi connectivity index (χ3n) is 5.10. The molecule has 7 heteroatoms. The van der Waals surface area contributed by atoms with Gasteiger partial charge in [0.15, 0.2) is 11.0 Å². The molecular weight excluding hydrogens is 489 g/mol. The Balaban J connectivity index is 1.70. The number of hydrogen-bond acceptors (Lipinski definition) is 3. The Morgan fingerprint density at radius 2 is 1.69 bits per heavy atom. The summed E-state index contributed by atoms with van der Waals surface area (Å²) in [6.07, 6.45) is 0.830. The van der Waals surface area contributed by atoms with Crippen LogP contribution in [0, 0.1) is 5.92 Å². The molecule has 0 saturated heterocycles. The second kappa shape index (κ2) is 7.92. The molecule has 152 valence electrons. The predicted molar refractivity (Wildman–Crippen MR) is 126 cm³/mol. The smallest absolute Gasteiger partial charge is 0.196 e. The van der Waals surface area contributed by atoms with Gasteiger partial charge in [0, 0.05) is 27.4 Å². The van der Waals surface area contributed by atoms with Crippen LogP contribution >= 0.6 is 50.9 Å². The van der Waals surface area contributed by atoms with E-state index in [1.165, 1.54) is 5.56 Å². The summed E-state index contributed by atoms with van der Waals surface area (Å²) in [5.74, 6) is 1.94. The fraction of sp³-hybridized carbons (Fsp3) is 0.364. The summed E-state index contributed by atoms with van der Waals surface area (Å²) in [5.41, 5.74) is 3.46. The zero-order valence-electron chi connectivity index (χ0n) is 16.5. The van der Waals surface area contributed by atoms with E-state index in [2.05, 4.69) is 87.9 Å². The minimum Gasteiger partial charge on any atom is -0.270 e. The zero-order chi connectivity index (χ0) is 20.8. The molecular formula is C22H22BrCl2N3S. The minimum absolute atomic E-state index is 0.110. The number of rotatable bonds is 5. The van der Waals surface area contributed by atoms with Gasteiger partial charge in [-0.05, 0) is 41.7 Å². The normalized spacial score (nSPS) is 18.1. The van der Waals surface area contributed by atoms with Gasteiger partial charge in [-0.1, -0.05) is 72.7 Å². The van der Waals surface area contributed by atoms with Crippen LogP contribution in [0.2, 0.25) is 0 Å². The molecule has 0 N–H and O–H groups in total. The van der Waals surface area contributed by atoms with Crippen molar-refractivity contribution in [1.82, 2.24) is 14.8 Å². The summed E-state index contributed by atoms with van der Waals surface area (Å²) in [5, 5.41) is 9.86. The molecule has 3 nitrogen and oxygen atoms in total. The molecule has 29 heavy (non-hydrogen) atoms. The second-order valence-electron chi connectivity index (χ2n) is 8.42. The fourth-order valence-corrected chi connectivity index (χ4v) is 5.26. The molecule has 1 aromatic heterocycles. The van der Waals surface area contributed by atoms with Gasteiger partial charge < -0.3 is 0 Å². The van der Waals surface area contributed by atoms with Gasteiger partial charge in [0.2, 0.25) is 0 Å². The van der Waals surface area contributed by atoms with Crippen molar-refractivity contribution in [2.75, 3.05) is 5.75 Å². The summed E-state index contributed by atoms with van der Waals surface area (Å²) >= 11 is 17.6. The number of nitrogens with zero attached hydrogens (tertiary/aromatic N) is 3. The fourth-order valence-electron chi connectivity index (χ4n) is 3.12. The molecule has 3 aromatic rings. The third-order valence-corrected chi connectivity index (χ3v) is 7.64. The van der Waals surface area contributed by atoms with Gasteiger partial charge >= 0.3 is 0 Å². The van der Waals surface area contributed by atoms with Crippen LogP contribution < -0.4 is 0 Å². The maximum Gasteiger partial charge on any atom is 0.196 e. The number of halogens is 3. The van der Waals surface area contributed by atoms with Gasteiger partial charge in [-0.25, -0.2) is 0 Å². The predicted octanol–water partition coefficient (Wildman–Crippen LogP) is 7.28. The summed E-state index contributed by atoms with van der Waals surface area (Å²) in [4.78, 5) is 0. The molecule has 0 spiro atoms. The van der Waals surface area contributed by atoms with Crippen LogP contribution in [0.1, 0.15) is 32.8 Å². The average molecular weight is 511 g/mol. The SMILES string of the molecule is CC(C)(C)c1ccc(-c2nnc(SCC3CC3(Cl)Cl)n2-c2ccc(Br)cc2)cc1. The Labute approximate surface area is 194 Å². The van der Waals surface area contributed by atoms with Crippen LogP contribution in [0.25, 0.3) is 17.1 Å². The van der Waals surface area contributed by atoms with Crippen LogP contribution in [0.4, 0.5) is 0 Å². The highest BCUT2D eigenvalue weighted by atomic mass is 79.9. The van der Waals surface area contributed by atoms with E-state index in [1.807, 2.05) is 12.1 Å². The van der Waals surface area contributed by atoms with Crippen molar-refractivity contribution in [1.29, 1.82) is 0 Å². The lowest BCUT2D eigenvalue weighted by atomic mass is 9.87. The highest BCUT2D eigenvalue weighted by Gasteiger charge is 2.51. The van der Waals surface area contributed by atoms with Crippen LogP contribution in [-0.2, 0) is 5.41 Å². The van der Waals surface area contributed by atoms with Crippen molar-refractivity contribution in [3.8, 4) is 17.1 Å². The van der Waals surface area contributed by atoms with Gasteiger partial charge in [-0.3, -0.25) is 4.57 Å².